The molecule has 0 spiro atoms. The summed E-state index contributed by atoms with van der Waals surface area (Å²) in [5.41, 5.74) is 5.00. The number of methoxy groups -OCH3 is 1. The van der Waals surface area contributed by atoms with Crippen LogP contribution in [0.2, 0.25) is 0 Å². The van der Waals surface area contributed by atoms with Crippen LogP contribution in [0, 0.1) is 12.5 Å². The van der Waals surface area contributed by atoms with Gasteiger partial charge in [0.25, 0.3) is 12.6 Å². The number of piperazine rings is 1. The number of likely N-dealkylation sites (tertiary alicyclic amines) is 1. The minimum atomic E-state index is -0.277. The first-order chi connectivity index (χ1) is 19.4. The normalized spacial score (nSPS) is 23.3. The number of hydrogen-bond donors (Lipinski definition) is 0. The molecule has 3 aromatic rings. The number of fused-ring (bicyclic) bond motifs is 1. The zero-order valence-electron chi connectivity index (χ0n) is 23.9. The number of piperidine rings is 1. The summed E-state index contributed by atoms with van der Waals surface area (Å²) in [6, 6.07) is 9.22. The predicted molar refractivity (Wildman–Crippen MR) is 157 cm³/mol. The minimum absolute atomic E-state index is 0.0789. The lowest BCUT2D eigenvalue weighted by atomic mass is 9.79. The van der Waals surface area contributed by atoms with Crippen LogP contribution in [-0.4, -0.2) is 88.8 Å². The lowest BCUT2D eigenvalue weighted by Gasteiger charge is -2.42. The highest BCUT2D eigenvalue weighted by atomic mass is 16.5. The first-order valence-electron chi connectivity index (χ1n) is 14.6. The van der Waals surface area contributed by atoms with Crippen LogP contribution in [0.15, 0.2) is 42.9 Å². The molecule has 40 heavy (non-hydrogen) atoms. The van der Waals surface area contributed by atoms with Gasteiger partial charge in [0.1, 0.15) is 0 Å². The third-order valence-corrected chi connectivity index (χ3v) is 9.40. The van der Waals surface area contributed by atoms with E-state index < -0.39 is 0 Å². The van der Waals surface area contributed by atoms with Gasteiger partial charge in [-0.1, -0.05) is 10.9 Å². The monoisotopic (exact) mass is 542 g/mol. The number of nitrogens with zero attached hydrogens (tertiary/aromatic N) is 7. The SMILES string of the molecule is C#[N+][C@H]1C[C@H](C(=O)N2CCN(c3ccnn4cc(-c5ccc(C6(OC)CCN(C(C)C)CC6)cn5)cc34)CC2)C1. The van der Waals surface area contributed by atoms with Crippen molar-refractivity contribution in [1.82, 2.24) is 24.4 Å². The Hall–Kier alpha value is -3.48. The minimum Gasteiger partial charge on any atom is -0.373 e. The zero-order chi connectivity index (χ0) is 27.9. The van der Waals surface area contributed by atoms with E-state index in [9.17, 15) is 4.79 Å². The van der Waals surface area contributed by atoms with E-state index in [2.05, 4.69) is 57.9 Å². The Labute approximate surface area is 236 Å². The number of rotatable bonds is 6. The summed E-state index contributed by atoms with van der Waals surface area (Å²) in [5, 5.41) is 4.57. The lowest BCUT2D eigenvalue weighted by molar-refractivity contribution is -0.138. The average Bonchev–Trinajstić information content (AvgIpc) is 3.41. The van der Waals surface area contributed by atoms with Gasteiger partial charge >= 0.3 is 0 Å². The van der Waals surface area contributed by atoms with Crippen LogP contribution in [0.25, 0.3) is 21.6 Å². The fourth-order valence-electron chi connectivity index (χ4n) is 6.59. The molecule has 3 aliphatic rings. The molecule has 1 amide bonds. The van der Waals surface area contributed by atoms with Crippen LogP contribution in [0.4, 0.5) is 5.69 Å². The number of amides is 1. The average molecular weight is 543 g/mol. The maximum Gasteiger partial charge on any atom is 0.273 e. The van der Waals surface area contributed by atoms with E-state index in [0.717, 1.165) is 93.0 Å². The van der Waals surface area contributed by atoms with Gasteiger partial charge in [0, 0.05) is 95.0 Å². The van der Waals surface area contributed by atoms with Crippen molar-refractivity contribution in [2.75, 3.05) is 51.3 Å². The molecule has 3 aromatic heterocycles. The van der Waals surface area contributed by atoms with Gasteiger partial charge in [0.2, 0.25) is 5.91 Å². The van der Waals surface area contributed by atoms with Gasteiger partial charge in [-0.25, -0.2) is 4.52 Å². The third-order valence-electron chi connectivity index (χ3n) is 9.40. The fourth-order valence-corrected chi connectivity index (χ4v) is 6.59. The zero-order valence-corrected chi connectivity index (χ0v) is 23.9. The van der Waals surface area contributed by atoms with Crippen molar-refractivity contribution < 1.29 is 9.53 Å². The molecule has 210 valence electrons. The van der Waals surface area contributed by atoms with Crippen LogP contribution >= 0.6 is 0 Å². The van der Waals surface area contributed by atoms with Gasteiger partial charge in [-0.3, -0.25) is 9.78 Å². The van der Waals surface area contributed by atoms with E-state index in [0.29, 0.717) is 6.04 Å². The second kappa shape index (κ2) is 10.8. The summed E-state index contributed by atoms with van der Waals surface area (Å²) < 4.78 is 8.04. The quantitative estimate of drug-likeness (QED) is 0.467. The van der Waals surface area contributed by atoms with E-state index in [1.807, 2.05) is 35.1 Å². The molecule has 0 N–H and O–H groups in total. The molecule has 0 atom stereocenters. The largest absolute Gasteiger partial charge is 0.373 e. The van der Waals surface area contributed by atoms with Crippen molar-refractivity contribution in [2.24, 2.45) is 5.92 Å². The molecular weight excluding hydrogens is 502 g/mol. The van der Waals surface area contributed by atoms with Crippen molar-refractivity contribution in [1.29, 1.82) is 0 Å². The van der Waals surface area contributed by atoms with Crippen LogP contribution in [-0.2, 0) is 15.1 Å². The van der Waals surface area contributed by atoms with Crippen molar-refractivity contribution >= 4 is 17.1 Å². The molecule has 0 radical (unpaired) electrons. The molecule has 0 unspecified atom stereocenters. The summed E-state index contributed by atoms with van der Waals surface area (Å²) in [7, 11) is 1.82. The molecule has 5 heterocycles. The molecule has 1 aliphatic carbocycles. The van der Waals surface area contributed by atoms with Gasteiger partial charge in [-0.15, -0.1) is 0 Å². The fraction of sp³-hybridized carbons (Fsp3) is 0.548. The standard InChI is InChI=1S/C31H40N7O2/c1-22(2)35-11-8-31(40-4,9-12-35)25-5-6-27(33-20-25)24-19-29-28(7-10-34-38(29)21-24)36-13-15-37(16-14-36)30(39)23-17-26(18-23)32-3/h3,5-7,10,19-23,26H,8-9,11-18H2,1-2,4H3/q+1/t23-,26-. The maximum absolute atomic E-state index is 12.9. The molecule has 9 heteroatoms. The van der Waals surface area contributed by atoms with E-state index in [-0.39, 0.29) is 23.5 Å². The molecule has 0 bridgehead atoms. The Balaban J connectivity index is 1.15. The summed E-state index contributed by atoms with van der Waals surface area (Å²) in [6.07, 6.45) is 9.38. The van der Waals surface area contributed by atoms with E-state index >= 15 is 0 Å². The Bertz CT molecular complexity index is 1390. The van der Waals surface area contributed by atoms with E-state index in [1.165, 1.54) is 0 Å². The molecule has 3 fully saturated rings. The molecule has 2 aliphatic heterocycles. The molecule has 2 saturated heterocycles. The number of hydrogen-bond acceptors (Lipinski definition) is 6. The highest BCUT2D eigenvalue weighted by Crippen LogP contribution is 2.37. The Morgan fingerprint density at radius 1 is 1.10 bits per heavy atom. The topological polar surface area (TPSA) is 70.6 Å². The van der Waals surface area contributed by atoms with Gasteiger partial charge in [0.05, 0.1) is 28.4 Å². The van der Waals surface area contributed by atoms with Gasteiger partial charge in [-0.05, 0) is 44.9 Å². The number of ether oxygens (including phenoxy) is 1. The molecule has 1 saturated carbocycles. The number of pyridine rings is 1. The highest BCUT2D eigenvalue weighted by Gasteiger charge is 2.43. The van der Waals surface area contributed by atoms with Crippen LogP contribution < -0.4 is 4.90 Å². The first kappa shape index (κ1) is 26.7. The summed E-state index contributed by atoms with van der Waals surface area (Å²) in [4.78, 5) is 28.4. The predicted octanol–water partition coefficient (Wildman–Crippen LogP) is 4.13. The second-order valence-electron chi connectivity index (χ2n) is 11.8. The summed E-state index contributed by atoms with van der Waals surface area (Å²) in [5.74, 6) is 0.329. The maximum atomic E-state index is 12.9. The number of anilines is 1. The van der Waals surface area contributed by atoms with Gasteiger partial charge in [0.15, 0.2) is 0 Å². The van der Waals surface area contributed by atoms with Crippen LogP contribution in [0.3, 0.4) is 0 Å². The molecule has 0 aromatic carbocycles. The summed E-state index contributed by atoms with van der Waals surface area (Å²) in [6.45, 7) is 15.0. The van der Waals surface area contributed by atoms with Gasteiger partial charge in [-0.2, -0.15) is 5.10 Å². The number of aromatic nitrogens is 3. The third kappa shape index (κ3) is 4.84. The van der Waals surface area contributed by atoms with Crippen molar-refractivity contribution in [2.45, 2.75) is 57.2 Å². The van der Waals surface area contributed by atoms with E-state index in [4.69, 9.17) is 16.3 Å². The Morgan fingerprint density at radius 2 is 1.85 bits per heavy atom. The molecular formula is C31H40N7O2+. The lowest BCUT2D eigenvalue weighted by Crippen LogP contribution is -2.52. The highest BCUT2D eigenvalue weighted by molar-refractivity contribution is 5.81. The number of carbonyl (C=O) groups excluding carboxylic acids is 1. The summed E-state index contributed by atoms with van der Waals surface area (Å²) >= 11 is 0. The smallest absolute Gasteiger partial charge is 0.273 e. The Morgan fingerprint density at radius 3 is 2.48 bits per heavy atom. The second-order valence-corrected chi connectivity index (χ2v) is 11.8. The number of carbonyl (C=O) groups is 1. The van der Waals surface area contributed by atoms with Gasteiger partial charge < -0.3 is 19.4 Å². The van der Waals surface area contributed by atoms with Crippen molar-refractivity contribution in [3.63, 3.8) is 0 Å². The Kier molecular flexibility index (Phi) is 7.24. The van der Waals surface area contributed by atoms with Crippen LogP contribution in [0.1, 0.15) is 45.1 Å². The van der Waals surface area contributed by atoms with Crippen LogP contribution in [0.5, 0.6) is 0 Å². The van der Waals surface area contributed by atoms with Crippen molar-refractivity contribution in [3.05, 3.63) is 53.3 Å². The van der Waals surface area contributed by atoms with Crippen molar-refractivity contribution in [3.8, 4) is 17.8 Å². The molecule has 9 nitrogen and oxygen atoms in total. The van der Waals surface area contributed by atoms with E-state index in [1.54, 1.807) is 0 Å². The first-order valence-corrected chi connectivity index (χ1v) is 14.6. The molecule has 6 rings (SSSR count).